The fourth-order valence-electron chi connectivity index (χ4n) is 3.02. The van der Waals surface area contributed by atoms with Crippen LogP contribution < -0.4 is 0 Å². The van der Waals surface area contributed by atoms with Gasteiger partial charge < -0.3 is 5.11 Å². The molecule has 0 aliphatic carbocycles. The van der Waals surface area contributed by atoms with E-state index in [4.69, 9.17) is 11.6 Å². The van der Waals surface area contributed by atoms with Gasteiger partial charge in [-0.25, -0.2) is 0 Å². The summed E-state index contributed by atoms with van der Waals surface area (Å²) < 4.78 is 41.1. The standard InChI is InChI=1S/C21H20ClF3N2O2/c1-19(2,3)15-8-4-14(5-9-15)18(28)27-20(29,21(23,24)25)12-17(26-27)13-6-10-16(22)11-7-13/h4-11,29H,12H2,1-3H3/t20-/m0/s1. The Morgan fingerprint density at radius 2 is 1.62 bits per heavy atom. The van der Waals surface area contributed by atoms with Gasteiger partial charge in [0.1, 0.15) is 0 Å². The number of nitrogens with zero attached hydrogens (tertiary/aromatic N) is 2. The van der Waals surface area contributed by atoms with Crippen LogP contribution in [0.4, 0.5) is 13.2 Å². The van der Waals surface area contributed by atoms with Gasteiger partial charge in [0.15, 0.2) is 0 Å². The molecule has 0 spiro atoms. The van der Waals surface area contributed by atoms with E-state index in [-0.39, 0.29) is 21.7 Å². The molecule has 2 aromatic rings. The minimum Gasteiger partial charge on any atom is -0.362 e. The molecule has 1 amide bonds. The van der Waals surface area contributed by atoms with Crippen LogP contribution in [0.5, 0.6) is 0 Å². The lowest BCUT2D eigenvalue weighted by molar-refractivity contribution is -0.297. The van der Waals surface area contributed by atoms with Gasteiger partial charge in [0.25, 0.3) is 11.6 Å². The molecule has 0 saturated carbocycles. The van der Waals surface area contributed by atoms with Gasteiger partial charge >= 0.3 is 6.18 Å². The average molecular weight is 425 g/mol. The van der Waals surface area contributed by atoms with E-state index in [1.165, 1.54) is 36.4 Å². The molecule has 1 aliphatic rings. The number of carbonyl (C=O) groups is 1. The Kier molecular flexibility index (Phi) is 5.26. The molecule has 2 aromatic carbocycles. The minimum atomic E-state index is -5.09. The molecule has 4 nitrogen and oxygen atoms in total. The second-order valence-electron chi connectivity index (χ2n) is 7.99. The topological polar surface area (TPSA) is 52.9 Å². The van der Waals surface area contributed by atoms with Crippen molar-refractivity contribution in [2.75, 3.05) is 0 Å². The number of amides is 1. The van der Waals surface area contributed by atoms with Gasteiger partial charge in [-0.05, 0) is 40.8 Å². The number of hydrazone groups is 1. The third-order valence-electron chi connectivity index (χ3n) is 4.81. The normalized spacial score (nSPS) is 20.0. The van der Waals surface area contributed by atoms with E-state index in [9.17, 15) is 23.1 Å². The Hall–Kier alpha value is -2.38. The predicted octanol–water partition coefficient (Wildman–Crippen LogP) is 5.14. The van der Waals surface area contributed by atoms with E-state index in [0.29, 0.717) is 10.6 Å². The molecule has 0 bridgehead atoms. The van der Waals surface area contributed by atoms with Gasteiger partial charge in [0.2, 0.25) is 0 Å². The third-order valence-corrected chi connectivity index (χ3v) is 5.06. The van der Waals surface area contributed by atoms with Crippen LogP contribution in [0, 0.1) is 0 Å². The zero-order chi connectivity index (χ0) is 21.6. The summed E-state index contributed by atoms with van der Waals surface area (Å²) >= 11 is 5.82. The SMILES string of the molecule is CC(C)(C)c1ccc(C(=O)N2N=C(c3ccc(Cl)cc3)C[C@]2(O)C(F)(F)F)cc1. The Morgan fingerprint density at radius 1 is 1.07 bits per heavy atom. The van der Waals surface area contributed by atoms with Crippen LogP contribution in [0.25, 0.3) is 0 Å². The van der Waals surface area contributed by atoms with E-state index in [0.717, 1.165) is 5.56 Å². The average Bonchev–Trinajstić information content (AvgIpc) is 3.00. The van der Waals surface area contributed by atoms with E-state index < -0.39 is 24.2 Å². The van der Waals surface area contributed by atoms with Gasteiger partial charge in [0.05, 0.1) is 12.1 Å². The van der Waals surface area contributed by atoms with Gasteiger partial charge in [-0.1, -0.05) is 56.6 Å². The van der Waals surface area contributed by atoms with Crippen molar-refractivity contribution in [2.45, 2.75) is 44.5 Å². The van der Waals surface area contributed by atoms with Crippen LogP contribution in [0.15, 0.2) is 53.6 Å². The highest BCUT2D eigenvalue weighted by atomic mass is 35.5. The Labute approximate surface area is 171 Å². The number of benzene rings is 2. The van der Waals surface area contributed by atoms with Crippen LogP contribution in [-0.2, 0) is 5.41 Å². The smallest absolute Gasteiger partial charge is 0.362 e. The van der Waals surface area contributed by atoms with Crippen LogP contribution >= 0.6 is 11.6 Å². The van der Waals surface area contributed by atoms with Crippen molar-refractivity contribution in [1.82, 2.24) is 5.01 Å². The maximum absolute atomic E-state index is 13.7. The van der Waals surface area contributed by atoms with Crippen LogP contribution in [0.1, 0.15) is 48.7 Å². The summed E-state index contributed by atoms with van der Waals surface area (Å²) in [4.78, 5) is 12.8. The van der Waals surface area contributed by atoms with Gasteiger partial charge in [-0.15, -0.1) is 0 Å². The van der Waals surface area contributed by atoms with E-state index in [2.05, 4.69) is 5.10 Å². The molecule has 0 radical (unpaired) electrons. The molecule has 29 heavy (non-hydrogen) atoms. The summed E-state index contributed by atoms with van der Waals surface area (Å²) in [6, 6.07) is 12.2. The number of aliphatic hydroxyl groups is 1. The molecular weight excluding hydrogens is 405 g/mol. The lowest BCUT2D eigenvalue weighted by atomic mass is 9.86. The molecule has 1 atom stereocenters. The third kappa shape index (κ3) is 4.02. The lowest BCUT2D eigenvalue weighted by Gasteiger charge is -2.32. The molecule has 3 rings (SSSR count). The maximum Gasteiger partial charge on any atom is 0.438 e. The van der Waals surface area contributed by atoms with E-state index >= 15 is 0 Å². The number of rotatable bonds is 2. The fourth-order valence-corrected chi connectivity index (χ4v) is 3.14. The Bertz CT molecular complexity index is 948. The number of halogens is 4. The Balaban J connectivity index is 2.00. The number of hydrogen-bond acceptors (Lipinski definition) is 3. The summed E-state index contributed by atoms with van der Waals surface area (Å²) in [5.74, 6) is -1.03. The van der Waals surface area contributed by atoms with Crippen molar-refractivity contribution in [3.63, 3.8) is 0 Å². The highest BCUT2D eigenvalue weighted by Crippen LogP contribution is 2.42. The first kappa shape index (κ1) is 21.3. The highest BCUT2D eigenvalue weighted by molar-refractivity contribution is 6.30. The van der Waals surface area contributed by atoms with Crippen LogP contribution in [0.3, 0.4) is 0 Å². The molecule has 0 aromatic heterocycles. The molecule has 1 aliphatic heterocycles. The van der Waals surface area contributed by atoms with Crippen molar-refractivity contribution < 1.29 is 23.1 Å². The summed E-state index contributed by atoms with van der Waals surface area (Å²) in [7, 11) is 0. The predicted molar refractivity (Wildman–Crippen MR) is 105 cm³/mol. The number of hydrogen-bond donors (Lipinski definition) is 1. The van der Waals surface area contributed by atoms with Crippen molar-refractivity contribution >= 4 is 23.2 Å². The summed E-state index contributed by atoms with van der Waals surface area (Å²) in [5, 5.41) is 14.8. The number of carbonyl (C=O) groups excluding carboxylic acids is 1. The summed E-state index contributed by atoms with van der Waals surface area (Å²) in [6.45, 7) is 5.94. The molecular formula is C21H20ClF3N2O2. The zero-order valence-corrected chi connectivity index (χ0v) is 16.8. The van der Waals surface area contributed by atoms with Gasteiger partial charge in [-0.3, -0.25) is 4.79 Å². The molecule has 1 heterocycles. The van der Waals surface area contributed by atoms with E-state index in [1.807, 2.05) is 20.8 Å². The monoisotopic (exact) mass is 424 g/mol. The van der Waals surface area contributed by atoms with Crippen LogP contribution in [0.2, 0.25) is 5.02 Å². The van der Waals surface area contributed by atoms with Crippen molar-refractivity contribution in [2.24, 2.45) is 5.10 Å². The largest absolute Gasteiger partial charge is 0.438 e. The second kappa shape index (κ2) is 7.15. The van der Waals surface area contributed by atoms with Gasteiger partial charge in [-0.2, -0.15) is 23.3 Å². The van der Waals surface area contributed by atoms with Crippen molar-refractivity contribution in [1.29, 1.82) is 0 Å². The lowest BCUT2D eigenvalue weighted by Crippen LogP contribution is -2.56. The van der Waals surface area contributed by atoms with Crippen molar-refractivity contribution in [3.8, 4) is 0 Å². The molecule has 8 heteroatoms. The maximum atomic E-state index is 13.7. The zero-order valence-electron chi connectivity index (χ0n) is 16.1. The first-order valence-electron chi connectivity index (χ1n) is 8.90. The van der Waals surface area contributed by atoms with Gasteiger partial charge in [0, 0.05) is 10.6 Å². The molecule has 0 saturated heterocycles. The first-order chi connectivity index (χ1) is 13.3. The number of alkyl halides is 3. The minimum absolute atomic E-state index is 0.00165. The fraction of sp³-hybridized carbons (Fsp3) is 0.333. The molecule has 0 unspecified atom stereocenters. The molecule has 154 valence electrons. The summed E-state index contributed by atoms with van der Waals surface area (Å²) in [6.07, 6.45) is -5.96. The highest BCUT2D eigenvalue weighted by Gasteiger charge is 2.63. The summed E-state index contributed by atoms with van der Waals surface area (Å²) in [5.41, 5.74) is -2.39. The molecule has 1 N–H and O–H groups in total. The first-order valence-corrected chi connectivity index (χ1v) is 9.28. The van der Waals surface area contributed by atoms with E-state index in [1.54, 1.807) is 12.1 Å². The quantitative estimate of drug-likeness (QED) is 0.725. The Morgan fingerprint density at radius 3 is 2.10 bits per heavy atom. The second-order valence-corrected chi connectivity index (χ2v) is 8.43. The van der Waals surface area contributed by atoms with Crippen molar-refractivity contribution in [3.05, 3.63) is 70.2 Å². The van der Waals surface area contributed by atoms with Crippen LogP contribution in [-0.4, -0.2) is 33.6 Å². The molecule has 0 fully saturated rings.